The van der Waals surface area contributed by atoms with Crippen molar-refractivity contribution in [1.82, 2.24) is 4.90 Å². The molecule has 162 valence electrons. The first-order chi connectivity index (χ1) is 14.7. The number of aryl methyl sites for hydroxylation is 3. The molecule has 2 aliphatic heterocycles. The molecule has 2 aromatic rings. The maximum absolute atomic E-state index is 13.4. The van der Waals surface area contributed by atoms with Crippen molar-refractivity contribution in [3.8, 4) is 0 Å². The average Bonchev–Trinajstić information content (AvgIpc) is 3.24. The summed E-state index contributed by atoms with van der Waals surface area (Å²) < 4.78 is 5.56. The van der Waals surface area contributed by atoms with Gasteiger partial charge in [0.15, 0.2) is 0 Å². The third-order valence-electron chi connectivity index (χ3n) is 6.08. The molecule has 6 heteroatoms. The number of imide groups is 1. The largest absolute Gasteiger partial charge is 0.441 e. The number of amides is 2. The summed E-state index contributed by atoms with van der Waals surface area (Å²) in [6.07, 6.45) is -0.626. The van der Waals surface area contributed by atoms with E-state index in [4.69, 9.17) is 9.57 Å². The van der Waals surface area contributed by atoms with Crippen molar-refractivity contribution in [2.24, 2.45) is 5.16 Å². The van der Waals surface area contributed by atoms with Gasteiger partial charge in [0.05, 0.1) is 11.8 Å². The number of ether oxygens (including phenoxy) is 1. The molecule has 0 unspecified atom stereocenters. The van der Waals surface area contributed by atoms with E-state index in [0.717, 1.165) is 28.0 Å². The topological polar surface area (TPSA) is 68.2 Å². The third-order valence-corrected chi connectivity index (χ3v) is 6.08. The summed E-state index contributed by atoms with van der Waals surface area (Å²) in [6.45, 7) is 9.79. The monoisotopic (exact) mass is 420 g/mol. The summed E-state index contributed by atoms with van der Waals surface area (Å²) in [5.41, 5.74) is 5.34. The Morgan fingerprint density at radius 3 is 2.42 bits per heavy atom. The summed E-state index contributed by atoms with van der Waals surface area (Å²) in [5, 5.41) is 4.22. The number of carbonyl (C=O) groups is 2. The van der Waals surface area contributed by atoms with E-state index < -0.39 is 29.7 Å². The lowest BCUT2D eigenvalue weighted by molar-refractivity contribution is -0.140. The van der Waals surface area contributed by atoms with Crippen molar-refractivity contribution in [3.63, 3.8) is 0 Å². The molecule has 0 N–H and O–H groups in total. The number of hydrogen-bond acceptors (Lipinski definition) is 5. The molecular formula is C25H28N2O4. The van der Waals surface area contributed by atoms with E-state index in [9.17, 15) is 9.59 Å². The Morgan fingerprint density at radius 2 is 1.77 bits per heavy atom. The van der Waals surface area contributed by atoms with Gasteiger partial charge < -0.3 is 9.57 Å². The van der Waals surface area contributed by atoms with E-state index >= 15 is 0 Å². The van der Waals surface area contributed by atoms with Crippen molar-refractivity contribution in [1.29, 1.82) is 0 Å². The molecule has 2 aliphatic rings. The van der Waals surface area contributed by atoms with Crippen LogP contribution in [0.25, 0.3) is 0 Å². The highest BCUT2D eigenvalue weighted by Crippen LogP contribution is 2.34. The molecule has 1 fully saturated rings. The predicted octanol–water partition coefficient (Wildman–Crippen LogP) is 4.47. The molecule has 0 saturated carbocycles. The number of rotatable bonds is 4. The van der Waals surface area contributed by atoms with Crippen molar-refractivity contribution in [2.45, 2.75) is 65.2 Å². The van der Waals surface area contributed by atoms with Gasteiger partial charge in [-0.05, 0) is 57.7 Å². The lowest BCUT2D eigenvalue weighted by Gasteiger charge is -2.28. The standard InChI is InChI=1S/C25H28N2O4/c1-15-11-16(2)22(17(3)12-15)19-14-20(31-26-19)23(28)27-21(25(4,5)30-24(27)29)13-18-9-7-6-8-10-18/h6-12,20-21H,13-14H2,1-5H3/t20-,21-/m0/s1. The second-order valence-electron chi connectivity index (χ2n) is 9.00. The fraction of sp³-hybridized carbons (Fsp3) is 0.400. The van der Waals surface area contributed by atoms with Crippen molar-refractivity contribution in [2.75, 3.05) is 0 Å². The highest BCUT2D eigenvalue weighted by Gasteiger charge is 2.52. The van der Waals surface area contributed by atoms with Gasteiger partial charge in [-0.2, -0.15) is 0 Å². The molecule has 0 aliphatic carbocycles. The molecule has 1 saturated heterocycles. The Balaban J connectivity index is 1.55. The van der Waals surface area contributed by atoms with Crippen LogP contribution >= 0.6 is 0 Å². The summed E-state index contributed by atoms with van der Waals surface area (Å²) in [4.78, 5) is 32.8. The quantitative estimate of drug-likeness (QED) is 0.732. The first kappa shape index (κ1) is 21.1. The van der Waals surface area contributed by atoms with Crippen LogP contribution in [0.3, 0.4) is 0 Å². The number of hydrogen-bond donors (Lipinski definition) is 0. The van der Waals surface area contributed by atoms with Gasteiger partial charge in [0.25, 0.3) is 5.91 Å². The number of benzene rings is 2. The Labute approximate surface area is 182 Å². The summed E-state index contributed by atoms with van der Waals surface area (Å²) >= 11 is 0. The SMILES string of the molecule is Cc1cc(C)c(C2=NO[C@H](C(=O)N3C(=O)OC(C)(C)[C@@H]3Cc3ccccc3)C2)c(C)c1. The van der Waals surface area contributed by atoms with Crippen molar-refractivity contribution >= 4 is 17.7 Å². The number of nitrogens with zero attached hydrogens (tertiary/aromatic N) is 2. The molecule has 0 aromatic heterocycles. The molecule has 2 atom stereocenters. The van der Waals surface area contributed by atoms with Gasteiger partial charge in [-0.25, -0.2) is 9.69 Å². The van der Waals surface area contributed by atoms with E-state index in [2.05, 4.69) is 24.2 Å². The van der Waals surface area contributed by atoms with Crippen LogP contribution < -0.4 is 0 Å². The van der Waals surface area contributed by atoms with Crippen LogP contribution in [0.4, 0.5) is 4.79 Å². The van der Waals surface area contributed by atoms with Crippen LogP contribution in [-0.4, -0.2) is 40.4 Å². The highest BCUT2D eigenvalue weighted by atomic mass is 16.6. The fourth-order valence-corrected chi connectivity index (χ4v) is 4.65. The third kappa shape index (κ3) is 3.94. The first-order valence-corrected chi connectivity index (χ1v) is 10.6. The zero-order valence-electron chi connectivity index (χ0n) is 18.6. The molecule has 6 nitrogen and oxygen atoms in total. The highest BCUT2D eigenvalue weighted by molar-refractivity contribution is 6.07. The van der Waals surface area contributed by atoms with Crippen molar-refractivity contribution in [3.05, 3.63) is 70.3 Å². The minimum Gasteiger partial charge on any atom is -0.441 e. The molecular weight excluding hydrogens is 392 g/mol. The summed E-state index contributed by atoms with van der Waals surface area (Å²) in [6, 6.07) is 13.6. The van der Waals surface area contributed by atoms with Gasteiger partial charge in [-0.1, -0.05) is 53.2 Å². The fourth-order valence-electron chi connectivity index (χ4n) is 4.65. The minimum absolute atomic E-state index is 0.325. The molecule has 4 rings (SSSR count). The van der Waals surface area contributed by atoms with E-state index in [1.165, 1.54) is 10.5 Å². The van der Waals surface area contributed by atoms with Gasteiger partial charge >= 0.3 is 6.09 Å². The second kappa shape index (κ2) is 7.84. The molecule has 31 heavy (non-hydrogen) atoms. The molecule has 2 aromatic carbocycles. The normalized spacial score (nSPS) is 22.2. The predicted molar refractivity (Wildman–Crippen MR) is 118 cm³/mol. The molecule has 0 spiro atoms. The lowest BCUT2D eigenvalue weighted by atomic mass is 9.91. The Morgan fingerprint density at radius 1 is 1.13 bits per heavy atom. The van der Waals surface area contributed by atoms with Gasteiger partial charge in [0, 0.05) is 12.0 Å². The maximum Gasteiger partial charge on any atom is 0.417 e. The molecule has 0 bridgehead atoms. The molecule has 0 radical (unpaired) electrons. The number of oxime groups is 1. The van der Waals surface area contributed by atoms with Crippen LogP contribution in [0.1, 0.15) is 48.1 Å². The van der Waals surface area contributed by atoms with Crippen LogP contribution in [0.15, 0.2) is 47.6 Å². The van der Waals surface area contributed by atoms with Gasteiger partial charge in [-0.15, -0.1) is 0 Å². The molecule has 2 amide bonds. The van der Waals surface area contributed by atoms with Gasteiger partial charge in [0.1, 0.15) is 5.60 Å². The van der Waals surface area contributed by atoms with E-state index in [-0.39, 0.29) is 0 Å². The second-order valence-corrected chi connectivity index (χ2v) is 9.00. The summed E-state index contributed by atoms with van der Waals surface area (Å²) in [5.74, 6) is -0.405. The Kier molecular flexibility index (Phi) is 5.33. The van der Waals surface area contributed by atoms with Crippen LogP contribution in [0, 0.1) is 20.8 Å². The lowest BCUT2D eigenvalue weighted by Crippen LogP contribution is -2.49. The van der Waals surface area contributed by atoms with Gasteiger partial charge in [-0.3, -0.25) is 4.79 Å². The van der Waals surface area contributed by atoms with Gasteiger partial charge in [0.2, 0.25) is 6.10 Å². The minimum atomic E-state index is -0.838. The van der Waals surface area contributed by atoms with Crippen molar-refractivity contribution < 1.29 is 19.2 Å². The Bertz CT molecular complexity index is 1040. The molecule has 2 heterocycles. The van der Waals surface area contributed by atoms with Crippen LogP contribution in [-0.2, 0) is 20.8 Å². The number of carbonyl (C=O) groups excluding carboxylic acids is 2. The van der Waals surface area contributed by atoms with E-state index in [1.54, 1.807) is 0 Å². The van der Waals surface area contributed by atoms with E-state index in [1.807, 2.05) is 58.0 Å². The first-order valence-electron chi connectivity index (χ1n) is 10.6. The zero-order chi connectivity index (χ0) is 22.3. The van der Waals surface area contributed by atoms with Crippen LogP contribution in [0.5, 0.6) is 0 Å². The smallest absolute Gasteiger partial charge is 0.417 e. The zero-order valence-corrected chi connectivity index (χ0v) is 18.6. The van der Waals surface area contributed by atoms with E-state index in [0.29, 0.717) is 12.8 Å². The number of cyclic esters (lactones) is 1. The Hall–Kier alpha value is -3.15. The van der Waals surface area contributed by atoms with Crippen LogP contribution in [0.2, 0.25) is 0 Å². The maximum atomic E-state index is 13.4. The average molecular weight is 421 g/mol. The summed E-state index contributed by atoms with van der Waals surface area (Å²) in [7, 11) is 0.